The van der Waals surface area contributed by atoms with Crippen LogP contribution in [0.1, 0.15) is 23.5 Å². The van der Waals surface area contributed by atoms with E-state index in [-0.39, 0.29) is 19.0 Å². The fourth-order valence-corrected chi connectivity index (χ4v) is 3.39. The zero-order valence-electron chi connectivity index (χ0n) is 15.2. The van der Waals surface area contributed by atoms with E-state index < -0.39 is 6.10 Å². The summed E-state index contributed by atoms with van der Waals surface area (Å²) in [7, 11) is 0. The molecule has 1 heterocycles. The Morgan fingerprint density at radius 2 is 1.96 bits per heavy atom. The van der Waals surface area contributed by atoms with Gasteiger partial charge in [-0.05, 0) is 31.0 Å². The second kappa shape index (κ2) is 11.6. The van der Waals surface area contributed by atoms with Crippen molar-refractivity contribution in [2.24, 2.45) is 4.99 Å². The number of nitrogens with one attached hydrogen (secondary N) is 3. The van der Waals surface area contributed by atoms with Crippen LogP contribution in [-0.4, -0.2) is 43.2 Å². The minimum atomic E-state index is -0.689. The molecule has 0 radical (unpaired) electrons. The Bertz CT molecular complexity index is 736. The van der Waals surface area contributed by atoms with Gasteiger partial charge in [0.1, 0.15) is 12.6 Å². The number of nitrogens with zero attached hydrogens (tertiary/aromatic N) is 1. The first-order chi connectivity index (χ1) is 13.1. The minimum absolute atomic E-state index is 0.0189. The predicted molar refractivity (Wildman–Crippen MR) is 111 cm³/mol. The number of hydrogen-bond acceptors (Lipinski definition) is 4. The first-order valence-corrected chi connectivity index (χ1v) is 10.0. The lowest BCUT2D eigenvalue weighted by Crippen LogP contribution is -2.40. The molecule has 1 unspecified atom stereocenters. The summed E-state index contributed by atoms with van der Waals surface area (Å²) in [4.78, 5) is 17.0. The van der Waals surface area contributed by atoms with E-state index in [4.69, 9.17) is 11.6 Å². The first-order valence-electron chi connectivity index (χ1n) is 8.84. The third kappa shape index (κ3) is 7.99. The second-order valence-corrected chi connectivity index (χ2v) is 7.57. The Labute approximate surface area is 168 Å². The highest BCUT2D eigenvalue weighted by atomic mass is 35.5. The molecule has 0 saturated carbocycles. The summed E-state index contributed by atoms with van der Waals surface area (Å²) in [6.45, 7) is 3.46. The van der Waals surface area contributed by atoms with Crippen molar-refractivity contribution in [2.45, 2.75) is 19.4 Å². The third-order valence-electron chi connectivity index (χ3n) is 3.69. The van der Waals surface area contributed by atoms with Crippen molar-refractivity contribution in [3.8, 4) is 0 Å². The summed E-state index contributed by atoms with van der Waals surface area (Å²) in [6, 6.07) is 13.5. The molecule has 0 bridgehead atoms. The SMILES string of the molecule is CCNC(=NCC(=O)NCCc1ccccc1)NCC(O)c1ccc(Cl)s1. The van der Waals surface area contributed by atoms with Crippen LogP contribution in [0.15, 0.2) is 47.5 Å². The lowest BCUT2D eigenvalue weighted by Gasteiger charge is -2.14. The molecule has 4 N–H and O–H groups in total. The number of thiophene rings is 1. The molecule has 0 aliphatic carbocycles. The number of halogens is 1. The fourth-order valence-electron chi connectivity index (χ4n) is 2.34. The van der Waals surface area contributed by atoms with Crippen LogP contribution in [-0.2, 0) is 11.2 Å². The van der Waals surface area contributed by atoms with Crippen molar-refractivity contribution < 1.29 is 9.90 Å². The zero-order valence-corrected chi connectivity index (χ0v) is 16.8. The molecule has 27 heavy (non-hydrogen) atoms. The summed E-state index contributed by atoms with van der Waals surface area (Å²) in [5, 5.41) is 19.1. The highest BCUT2D eigenvalue weighted by Gasteiger charge is 2.11. The Hall–Kier alpha value is -2.09. The summed E-state index contributed by atoms with van der Waals surface area (Å²) in [5.41, 5.74) is 1.18. The molecule has 1 amide bonds. The molecule has 2 rings (SSSR count). The van der Waals surface area contributed by atoms with Crippen molar-refractivity contribution in [3.63, 3.8) is 0 Å². The Morgan fingerprint density at radius 1 is 1.19 bits per heavy atom. The number of rotatable bonds is 9. The van der Waals surface area contributed by atoms with Crippen LogP contribution < -0.4 is 16.0 Å². The first kappa shape index (κ1) is 21.2. The molecule has 0 spiro atoms. The maximum atomic E-state index is 12.0. The second-order valence-electron chi connectivity index (χ2n) is 5.82. The van der Waals surface area contributed by atoms with Crippen LogP contribution in [0.4, 0.5) is 0 Å². The number of guanidine groups is 1. The van der Waals surface area contributed by atoms with Gasteiger partial charge >= 0.3 is 0 Å². The van der Waals surface area contributed by atoms with Gasteiger partial charge in [0.2, 0.25) is 5.91 Å². The van der Waals surface area contributed by atoms with Gasteiger partial charge in [-0.25, -0.2) is 4.99 Å². The molecule has 0 aliphatic heterocycles. The fraction of sp³-hybridized carbons (Fsp3) is 0.368. The smallest absolute Gasteiger partial charge is 0.241 e. The largest absolute Gasteiger partial charge is 0.386 e. The molecule has 0 aliphatic rings. The molecule has 1 aromatic carbocycles. The molecule has 1 aromatic heterocycles. The molecule has 6 nitrogen and oxygen atoms in total. The van der Waals surface area contributed by atoms with E-state index in [0.717, 1.165) is 11.3 Å². The maximum Gasteiger partial charge on any atom is 0.241 e. The van der Waals surface area contributed by atoms with Gasteiger partial charge in [0.25, 0.3) is 0 Å². The number of carbonyl (C=O) groups is 1. The van der Waals surface area contributed by atoms with Gasteiger partial charge in [-0.3, -0.25) is 4.79 Å². The van der Waals surface area contributed by atoms with Gasteiger partial charge in [0.15, 0.2) is 5.96 Å². The molecule has 0 saturated heterocycles. The minimum Gasteiger partial charge on any atom is -0.386 e. The topological polar surface area (TPSA) is 85.8 Å². The number of hydrogen-bond donors (Lipinski definition) is 4. The zero-order chi connectivity index (χ0) is 19.5. The molecule has 2 aromatic rings. The van der Waals surface area contributed by atoms with E-state index in [1.807, 2.05) is 37.3 Å². The Morgan fingerprint density at radius 3 is 2.63 bits per heavy atom. The van der Waals surface area contributed by atoms with Gasteiger partial charge < -0.3 is 21.1 Å². The van der Waals surface area contributed by atoms with Crippen molar-refractivity contribution in [3.05, 3.63) is 57.2 Å². The molecule has 0 fully saturated rings. The molecule has 146 valence electrons. The van der Waals surface area contributed by atoms with Crippen LogP contribution >= 0.6 is 22.9 Å². The van der Waals surface area contributed by atoms with Crippen molar-refractivity contribution >= 4 is 34.8 Å². The van der Waals surface area contributed by atoms with Crippen LogP contribution in [0, 0.1) is 0 Å². The van der Waals surface area contributed by atoms with Crippen LogP contribution in [0.25, 0.3) is 0 Å². The average Bonchev–Trinajstić information content (AvgIpc) is 3.11. The Balaban J connectivity index is 1.75. The predicted octanol–water partition coefficient (Wildman–Crippen LogP) is 2.35. The van der Waals surface area contributed by atoms with E-state index in [0.29, 0.717) is 23.4 Å². The molecule has 1 atom stereocenters. The van der Waals surface area contributed by atoms with Crippen LogP contribution in [0.3, 0.4) is 0 Å². The highest BCUT2D eigenvalue weighted by molar-refractivity contribution is 7.16. The number of aliphatic imine (C=N–C) groups is 1. The maximum absolute atomic E-state index is 12.0. The van der Waals surface area contributed by atoms with Crippen LogP contribution in [0.5, 0.6) is 0 Å². The van der Waals surface area contributed by atoms with Gasteiger partial charge in [-0.15, -0.1) is 11.3 Å². The number of aliphatic hydroxyl groups is 1. The monoisotopic (exact) mass is 408 g/mol. The van der Waals surface area contributed by atoms with E-state index in [1.165, 1.54) is 16.9 Å². The molecular weight excluding hydrogens is 384 g/mol. The normalized spacial score (nSPS) is 12.5. The van der Waals surface area contributed by atoms with Crippen molar-refractivity contribution in [2.75, 3.05) is 26.2 Å². The number of carbonyl (C=O) groups excluding carboxylic acids is 1. The van der Waals surface area contributed by atoms with E-state index in [2.05, 4.69) is 20.9 Å². The van der Waals surface area contributed by atoms with Crippen molar-refractivity contribution in [1.82, 2.24) is 16.0 Å². The average molecular weight is 409 g/mol. The highest BCUT2D eigenvalue weighted by Crippen LogP contribution is 2.26. The summed E-state index contributed by atoms with van der Waals surface area (Å²) in [6.07, 6.45) is 0.0931. The summed E-state index contributed by atoms with van der Waals surface area (Å²) < 4.78 is 0.636. The van der Waals surface area contributed by atoms with E-state index >= 15 is 0 Å². The lowest BCUT2D eigenvalue weighted by molar-refractivity contribution is -0.119. The quantitative estimate of drug-likeness (QED) is 0.379. The lowest BCUT2D eigenvalue weighted by atomic mass is 10.1. The number of aliphatic hydroxyl groups excluding tert-OH is 1. The van der Waals surface area contributed by atoms with E-state index in [9.17, 15) is 9.90 Å². The third-order valence-corrected chi connectivity index (χ3v) is 5.02. The molecular formula is C19H25ClN4O2S. The molecule has 8 heteroatoms. The standard InChI is InChI=1S/C19H25ClN4O2S/c1-2-21-19(23-12-15(25)16-8-9-17(20)27-16)24-13-18(26)22-11-10-14-6-4-3-5-7-14/h3-9,15,25H,2,10-13H2,1H3,(H,22,26)(H2,21,23,24). The van der Waals surface area contributed by atoms with Gasteiger partial charge in [-0.1, -0.05) is 41.9 Å². The number of benzene rings is 1. The summed E-state index contributed by atoms with van der Waals surface area (Å²) in [5.74, 6) is 0.339. The van der Waals surface area contributed by atoms with Crippen molar-refractivity contribution in [1.29, 1.82) is 0 Å². The van der Waals surface area contributed by atoms with Gasteiger partial charge in [0, 0.05) is 24.5 Å². The van der Waals surface area contributed by atoms with Crippen LogP contribution in [0.2, 0.25) is 4.34 Å². The van der Waals surface area contributed by atoms with E-state index in [1.54, 1.807) is 12.1 Å². The van der Waals surface area contributed by atoms with Gasteiger partial charge in [0.05, 0.1) is 4.34 Å². The van der Waals surface area contributed by atoms with Gasteiger partial charge in [-0.2, -0.15) is 0 Å². The number of amides is 1. The summed E-state index contributed by atoms with van der Waals surface area (Å²) >= 11 is 7.23. The Kier molecular flexibility index (Phi) is 9.10.